The smallest absolute Gasteiger partial charge is 0.201 e. The Labute approximate surface area is 103 Å². The summed E-state index contributed by atoms with van der Waals surface area (Å²) in [6, 6.07) is 9.90. The standard InChI is InChI=1S/C12H15N3OSi/c1-10(16-17(2,3)8-7-13)12-6-4-5-11(9-14)15-12/h4-6,10H,8H2,1-3H3. The highest BCUT2D eigenvalue weighted by Gasteiger charge is 2.26. The van der Waals surface area contributed by atoms with E-state index in [4.69, 9.17) is 14.9 Å². The minimum atomic E-state index is -1.96. The number of rotatable bonds is 4. The van der Waals surface area contributed by atoms with E-state index in [1.54, 1.807) is 12.1 Å². The van der Waals surface area contributed by atoms with E-state index in [9.17, 15) is 0 Å². The number of hydrogen-bond donors (Lipinski definition) is 0. The molecule has 1 unspecified atom stereocenters. The molecule has 0 aromatic carbocycles. The summed E-state index contributed by atoms with van der Waals surface area (Å²) >= 11 is 0. The molecule has 88 valence electrons. The summed E-state index contributed by atoms with van der Waals surface area (Å²) in [5.41, 5.74) is 1.13. The van der Waals surface area contributed by atoms with Gasteiger partial charge in [0, 0.05) is 0 Å². The molecule has 1 atom stereocenters. The van der Waals surface area contributed by atoms with Crippen LogP contribution in [0.5, 0.6) is 0 Å². The molecule has 1 aromatic rings. The quantitative estimate of drug-likeness (QED) is 0.765. The van der Waals surface area contributed by atoms with E-state index in [-0.39, 0.29) is 6.10 Å². The van der Waals surface area contributed by atoms with Gasteiger partial charge in [-0.1, -0.05) is 6.07 Å². The Morgan fingerprint density at radius 1 is 1.41 bits per heavy atom. The molecule has 0 amide bonds. The molecule has 0 N–H and O–H groups in total. The number of aromatic nitrogens is 1. The number of nitriles is 2. The maximum Gasteiger partial charge on any atom is 0.201 e. The van der Waals surface area contributed by atoms with Gasteiger partial charge < -0.3 is 4.43 Å². The molecule has 17 heavy (non-hydrogen) atoms. The van der Waals surface area contributed by atoms with Gasteiger partial charge in [0.1, 0.15) is 11.8 Å². The Bertz CT molecular complexity index is 473. The second-order valence-electron chi connectivity index (χ2n) is 4.41. The van der Waals surface area contributed by atoms with Crippen molar-refractivity contribution >= 4 is 8.32 Å². The minimum Gasteiger partial charge on any atom is -0.408 e. The third-order valence-corrected chi connectivity index (χ3v) is 4.30. The fraction of sp³-hybridized carbons (Fsp3) is 0.417. The zero-order valence-electron chi connectivity index (χ0n) is 10.3. The summed E-state index contributed by atoms with van der Waals surface area (Å²) < 4.78 is 5.91. The van der Waals surface area contributed by atoms with E-state index in [0.717, 1.165) is 5.69 Å². The van der Waals surface area contributed by atoms with E-state index in [2.05, 4.69) is 11.1 Å². The second-order valence-corrected chi connectivity index (χ2v) is 8.52. The molecule has 5 heteroatoms. The van der Waals surface area contributed by atoms with Crippen LogP contribution in [0.15, 0.2) is 18.2 Å². The molecule has 0 fully saturated rings. The maximum absolute atomic E-state index is 8.77. The molecule has 0 aliphatic carbocycles. The number of pyridine rings is 1. The van der Waals surface area contributed by atoms with Gasteiger partial charge in [0.25, 0.3) is 0 Å². The van der Waals surface area contributed by atoms with Crippen LogP contribution in [0, 0.1) is 22.7 Å². The lowest BCUT2D eigenvalue weighted by Crippen LogP contribution is -2.31. The Hall–Kier alpha value is -1.69. The van der Waals surface area contributed by atoms with E-state index in [1.165, 1.54) is 0 Å². The van der Waals surface area contributed by atoms with Gasteiger partial charge in [-0.25, -0.2) is 4.98 Å². The number of hydrogen-bond acceptors (Lipinski definition) is 4. The maximum atomic E-state index is 8.77. The molecular weight excluding hydrogens is 230 g/mol. The lowest BCUT2D eigenvalue weighted by atomic mass is 10.2. The topological polar surface area (TPSA) is 69.7 Å². The van der Waals surface area contributed by atoms with Crippen LogP contribution >= 0.6 is 0 Å². The van der Waals surface area contributed by atoms with Crippen molar-refractivity contribution in [3.63, 3.8) is 0 Å². The highest BCUT2D eigenvalue weighted by Crippen LogP contribution is 2.22. The zero-order valence-corrected chi connectivity index (χ0v) is 11.3. The molecule has 0 aliphatic heterocycles. The van der Waals surface area contributed by atoms with Crippen LogP contribution in [0.25, 0.3) is 0 Å². The van der Waals surface area contributed by atoms with Crippen LogP contribution in [-0.2, 0) is 4.43 Å². The van der Waals surface area contributed by atoms with Gasteiger partial charge in [-0.2, -0.15) is 10.5 Å². The predicted octanol–water partition coefficient (Wildman–Crippen LogP) is 2.76. The predicted molar refractivity (Wildman–Crippen MR) is 66.4 cm³/mol. The van der Waals surface area contributed by atoms with E-state index in [1.807, 2.05) is 32.2 Å². The molecule has 0 radical (unpaired) electrons. The Kier molecular flexibility index (Phi) is 4.39. The summed E-state index contributed by atoms with van der Waals surface area (Å²) in [5, 5.41) is 17.5. The lowest BCUT2D eigenvalue weighted by Gasteiger charge is -2.24. The van der Waals surface area contributed by atoms with Gasteiger partial charge in [-0.15, -0.1) is 0 Å². The first-order chi connectivity index (χ1) is 7.98. The molecule has 1 heterocycles. The normalized spacial score (nSPS) is 12.5. The number of nitrogens with zero attached hydrogens (tertiary/aromatic N) is 3. The van der Waals surface area contributed by atoms with Gasteiger partial charge >= 0.3 is 0 Å². The van der Waals surface area contributed by atoms with Crippen LogP contribution in [0.3, 0.4) is 0 Å². The van der Waals surface area contributed by atoms with Gasteiger partial charge in [-0.3, -0.25) is 0 Å². The zero-order chi connectivity index (χ0) is 12.9. The summed E-state index contributed by atoms with van der Waals surface area (Å²) in [7, 11) is -1.96. The van der Waals surface area contributed by atoms with E-state index < -0.39 is 8.32 Å². The highest BCUT2D eigenvalue weighted by atomic mass is 28.4. The van der Waals surface area contributed by atoms with Gasteiger partial charge in [-0.05, 0) is 32.2 Å². The third-order valence-electron chi connectivity index (χ3n) is 2.30. The van der Waals surface area contributed by atoms with Crippen molar-refractivity contribution in [1.82, 2.24) is 4.98 Å². The van der Waals surface area contributed by atoms with Gasteiger partial charge in [0.15, 0.2) is 0 Å². The first-order valence-electron chi connectivity index (χ1n) is 5.40. The van der Waals surface area contributed by atoms with Crippen molar-refractivity contribution < 1.29 is 4.43 Å². The molecule has 0 aliphatic rings. The highest BCUT2D eigenvalue weighted by molar-refractivity contribution is 6.71. The summed E-state index contributed by atoms with van der Waals surface area (Å²) in [6.45, 7) is 5.90. The average Bonchev–Trinajstić information content (AvgIpc) is 2.28. The third kappa shape index (κ3) is 3.99. The molecular formula is C12H15N3OSi. The van der Waals surface area contributed by atoms with Crippen molar-refractivity contribution in [2.24, 2.45) is 0 Å². The van der Waals surface area contributed by atoms with Crippen molar-refractivity contribution in [2.45, 2.75) is 32.2 Å². The molecule has 0 spiro atoms. The first-order valence-corrected chi connectivity index (χ1v) is 8.52. The SMILES string of the molecule is CC(O[Si](C)(C)CC#N)c1cccc(C#N)n1. The van der Waals surface area contributed by atoms with Crippen LogP contribution in [0.2, 0.25) is 19.1 Å². The van der Waals surface area contributed by atoms with Crippen LogP contribution < -0.4 is 0 Å². The molecule has 0 saturated heterocycles. The molecule has 4 nitrogen and oxygen atoms in total. The first kappa shape index (κ1) is 13.4. The van der Waals surface area contributed by atoms with Gasteiger partial charge in [0.05, 0.1) is 23.9 Å². The van der Waals surface area contributed by atoms with Crippen LogP contribution in [-0.4, -0.2) is 13.3 Å². The van der Waals surface area contributed by atoms with Crippen molar-refractivity contribution in [3.8, 4) is 12.1 Å². The fourth-order valence-corrected chi connectivity index (χ4v) is 3.05. The minimum absolute atomic E-state index is 0.182. The largest absolute Gasteiger partial charge is 0.408 e. The van der Waals surface area contributed by atoms with E-state index >= 15 is 0 Å². The fourth-order valence-electron chi connectivity index (χ4n) is 1.51. The Morgan fingerprint density at radius 2 is 2.12 bits per heavy atom. The Morgan fingerprint density at radius 3 is 2.71 bits per heavy atom. The van der Waals surface area contributed by atoms with Crippen LogP contribution in [0.1, 0.15) is 24.4 Å². The molecule has 0 bridgehead atoms. The van der Waals surface area contributed by atoms with E-state index in [0.29, 0.717) is 11.7 Å². The summed E-state index contributed by atoms with van der Waals surface area (Å²) in [6.07, 6.45) is -0.182. The van der Waals surface area contributed by atoms with Crippen molar-refractivity contribution in [1.29, 1.82) is 10.5 Å². The van der Waals surface area contributed by atoms with Gasteiger partial charge in [0.2, 0.25) is 8.32 Å². The Balaban J connectivity index is 2.80. The monoisotopic (exact) mass is 245 g/mol. The molecule has 1 rings (SSSR count). The van der Waals surface area contributed by atoms with Crippen LogP contribution in [0.4, 0.5) is 0 Å². The lowest BCUT2D eigenvalue weighted by molar-refractivity contribution is 0.212. The average molecular weight is 245 g/mol. The summed E-state index contributed by atoms with van der Waals surface area (Å²) in [4.78, 5) is 4.19. The van der Waals surface area contributed by atoms with Crippen molar-refractivity contribution in [2.75, 3.05) is 0 Å². The second kappa shape index (κ2) is 5.58. The molecule has 1 aromatic heterocycles. The summed E-state index contributed by atoms with van der Waals surface area (Å²) in [5.74, 6) is 0. The van der Waals surface area contributed by atoms with Crippen molar-refractivity contribution in [3.05, 3.63) is 29.6 Å². The molecule has 0 saturated carbocycles.